The fourth-order valence-electron chi connectivity index (χ4n) is 2.56. The van der Waals surface area contributed by atoms with E-state index < -0.39 is 0 Å². The maximum absolute atomic E-state index is 11.3. The second-order valence-electron chi connectivity index (χ2n) is 5.41. The van der Waals surface area contributed by atoms with Crippen LogP contribution in [-0.4, -0.2) is 49.8 Å². The smallest absolute Gasteiger partial charge is 0.233 e. The largest absolute Gasteiger partial charge is 0.464 e. The number of furan rings is 1. The zero-order valence-electron chi connectivity index (χ0n) is 12.9. The molecule has 1 aliphatic heterocycles. The van der Waals surface area contributed by atoms with Gasteiger partial charge in [0.2, 0.25) is 5.91 Å². The zero-order valence-corrected chi connectivity index (χ0v) is 13.7. The van der Waals surface area contributed by atoms with Gasteiger partial charge >= 0.3 is 0 Å². The first-order valence-electron chi connectivity index (χ1n) is 7.44. The van der Waals surface area contributed by atoms with Crippen molar-refractivity contribution in [2.75, 3.05) is 32.9 Å². The van der Waals surface area contributed by atoms with Crippen molar-refractivity contribution >= 4 is 17.7 Å². The summed E-state index contributed by atoms with van der Waals surface area (Å²) in [5.41, 5.74) is 0. The van der Waals surface area contributed by atoms with E-state index in [1.54, 1.807) is 18.8 Å². The third-order valence-electron chi connectivity index (χ3n) is 3.80. The summed E-state index contributed by atoms with van der Waals surface area (Å²) in [6.07, 6.45) is 4.23. The number of piperidine rings is 1. The molecule has 1 amide bonds. The van der Waals surface area contributed by atoms with Gasteiger partial charge in [-0.25, -0.2) is 0 Å². The van der Waals surface area contributed by atoms with Crippen LogP contribution < -0.4 is 10.6 Å². The zero-order chi connectivity index (χ0) is 15.1. The summed E-state index contributed by atoms with van der Waals surface area (Å²) >= 11 is 1.77. The van der Waals surface area contributed by atoms with Crippen LogP contribution in [0.3, 0.4) is 0 Å². The molecule has 0 unspecified atom stereocenters. The summed E-state index contributed by atoms with van der Waals surface area (Å²) in [6.45, 7) is 3.25. The SMILES string of the molecule is CNC(=O)CN1CCC(NCc2ccc(CSC)o2)CC1. The van der Waals surface area contributed by atoms with Crippen LogP contribution >= 0.6 is 11.8 Å². The van der Waals surface area contributed by atoms with E-state index in [4.69, 9.17) is 4.42 Å². The quantitative estimate of drug-likeness (QED) is 0.798. The van der Waals surface area contributed by atoms with Crippen molar-refractivity contribution in [2.24, 2.45) is 0 Å². The molecular formula is C15H25N3O2S. The van der Waals surface area contributed by atoms with Gasteiger partial charge in [-0.2, -0.15) is 11.8 Å². The van der Waals surface area contributed by atoms with Gasteiger partial charge in [0, 0.05) is 26.2 Å². The van der Waals surface area contributed by atoms with Crippen molar-refractivity contribution < 1.29 is 9.21 Å². The van der Waals surface area contributed by atoms with E-state index in [1.807, 2.05) is 0 Å². The summed E-state index contributed by atoms with van der Waals surface area (Å²) in [6, 6.07) is 4.62. The van der Waals surface area contributed by atoms with Crippen LogP contribution in [0.1, 0.15) is 24.4 Å². The molecule has 2 heterocycles. The third-order valence-corrected chi connectivity index (χ3v) is 4.38. The molecule has 1 aromatic heterocycles. The van der Waals surface area contributed by atoms with E-state index in [2.05, 4.69) is 33.9 Å². The third kappa shape index (κ3) is 5.37. The Kier molecular flexibility index (Phi) is 6.60. The van der Waals surface area contributed by atoms with Gasteiger partial charge in [-0.15, -0.1) is 0 Å². The Balaban J connectivity index is 1.67. The molecule has 0 spiro atoms. The van der Waals surface area contributed by atoms with Crippen molar-refractivity contribution in [1.82, 2.24) is 15.5 Å². The Morgan fingerprint density at radius 2 is 2.10 bits per heavy atom. The van der Waals surface area contributed by atoms with Gasteiger partial charge in [-0.1, -0.05) is 0 Å². The molecule has 0 saturated carbocycles. The van der Waals surface area contributed by atoms with E-state index >= 15 is 0 Å². The van der Waals surface area contributed by atoms with Gasteiger partial charge in [0.1, 0.15) is 11.5 Å². The first-order valence-corrected chi connectivity index (χ1v) is 8.83. The van der Waals surface area contributed by atoms with Gasteiger partial charge in [0.15, 0.2) is 0 Å². The summed E-state index contributed by atoms with van der Waals surface area (Å²) in [4.78, 5) is 13.6. The Morgan fingerprint density at radius 1 is 1.38 bits per heavy atom. The molecule has 1 fully saturated rings. The molecule has 21 heavy (non-hydrogen) atoms. The van der Waals surface area contributed by atoms with Crippen LogP contribution in [-0.2, 0) is 17.1 Å². The van der Waals surface area contributed by atoms with Crippen molar-refractivity contribution in [2.45, 2.75) is 31.2 Å². The Bertz CT molecular complexity index is 442. The van der Waals surface area contributed by atoms with Crippen LogP contribution in [0.4, 0.5) is 0 Å². The molecule has 0 atom stereocenters. The molecule has 1 aromatic rings. The molecule has 1 aliphatic rings. The summed E-state index contributed by atoms with van der Waals surface area (Å²) in [5, 5.41) is 6.23. The van der Waals surface area contributed by atoms with Crippen LogP contribution in [0.15, 0.2) is 16.5 Å². The average Bonchev–Trinajstić information content (AvgIpc) is 2.94. The molecule has 0 aromatic carbocycles. The maximum atomic E-state index is 11.3. The Morgan fingerprint density at radius 3 is 2.76 bits per heavy atom. The first kappa shape index (κ1) is 16.4. The molecule has 118 valence electrons. The fourth-order valence-corrected chi connectivity index (χ4v) is 3.00. The lowest BCUT2D eigenvalue weighted by Gasteiger charge is -2.31. The molecule has 1 saturated heterocycles. The second kappa shape index (κ2) is 8.46. The highest BCUT2D eigenvalue weighted by molar-refractivity contribution is 7.97. The lowest BCUT2D eigenvalue weighted by atomic mass is 10.1. The van der Waals surface area contributed by atoms with E-state index in [0.717, 1.165) is 49.7 Å². The highest BCUT2D eigenvalue weighted by Gasteiger charge is 2.20. The molecule has 0 bridgehead atoms. The molecule has 0 radical (unpaired) electrons. The van der Waals surface area contributed by atoms with Crippen molar-refractivity contribution in [3.63, 3.8) is 0 Å². The predicted molar refractivity (Wildman–Crippen MR) is 86.3 cm³/mol. The number of nitrogens with zero attached hydrogens (tertiary/aromatic N) is 1. The number of carbonyl (C=O) groups is 1. The highest BCUT2D eigenvalue weighted by Crippen LogP contribution is 2.15. The van der Waals surface area contributed by atoms with Crippen LogP contribution in [0, 0.1) is 0 Å². The van der Waals surface area contributed by atoms with Crippen molar-refractivity contribution in [3.8, 4) is 0 Å². The van der Waals surface area contributed by atoms with E-state index in [1.165, 1.54) is 0 Å². The van der Waals surface area contributed by atoms with E-state index in [-0.39, 0.29) is 5.91 Å². The number of thioether (sulfide) groups is 1. The van der Waals surface area contributed by atoms with Crippen LogP contribution in [0.2, 0.25) is 0 Å². The topological polar surface area (TPSA) is 57.5 Å². The molecule has 2 N–H and O–H groups in total. The van der Waals surface area contributed by atoms with E-state index in [9.17, 15) is 4.79 Å². The lowest BCUT2D eigenvalue weighted by Crippen LogP contribution is -2.45. The predicted octanol–water partition coefficient (Wildman–Crippen LogP) is 1.44. The second-order valence-corrected chi connectivity index (χ2v) is 6.27. The molecule has 2 rings (SSSR count). The normalized spacial score (nSPS) is 17.0. The Hall–Kier alpha value is -0.980. The van der Waals surface area contributed by atoms with Crippen molar-refractivity contribution in [3.05, 3.63) is 23.7 Å². The molecule has 0 aliphatic carbocycles. The monoisotopic (exact) mass is 311 g/mol. The fraction of sp³-hybridized carbons (Fsp3) is 0.667. The molecular weight excluding hydrogens is 286 g/mol. The minimum Gasteiger partial charge on any atom is -0.464 e. The number of hydrogen-bond acceptors (Lipinski definition) is 5. The number of carbonyl (C=O) groups excluding carboxylic acids is 1. The minimum absolute atomic E-state index is 0.0957. The van der Waals surface area contributed by atoms with E-state index in [0.29, 0.717) is 12.6 Å². The van der Waals surface area contributed by atoms with Crippen LogP contribution in [0.25, 0.3) is 0 Å². The number of likely N-dealkylation sites (N-methyl/N-ethyl adjacent to an activating group) is 1. The van der Waals surface area contributed by atoms with Gasteiger partial charge < -0.3 is 15.1 Å². The number of nitrogens with one attached hydrogen (secondary N) is 2. The van der Waals surface area contributed by atoms with Gasteiger partial charge in [0.25, 0.3) is 0 Å². The van der Waals surface area contributed by atoms with Crippen LogP contribution in [0.5, 0.6) is 0 Å². The molecule has 6 heteroatoms. The summed E-state index contributed by atoms with van der Waals surface area (Å²) in [7, 11) is 1.69. The Labute approximate surface area is 130 Å². The standard InChI is InChI=1S/C15H25N3O2S/c1-16-15(19)10-18-7-5-12(6-8-18)17-9-13-3-4-14(20-13)11-21-2/h3-4,12,17H,5-11H2,1-2H3,(H,16,19). The summed E-state index contributed by atoms with van der Waals surface area (Å²) in [5.74, 6) is 3.07. The summed E-state index contributed by atoms with van der Waals surface area (Å²) < 4.78 is 5.76. The maximum Gasteiger partial charge on any atom is 0.233 e. The van der Waals surface area contributed by atoms with Gasteiger partial charge in [-0.3, -0.25) is 9.69 Å². The van der Waals surface area contributed by atoms with Crippen molar-refractivity contribution in [1.29, 1.82) is 0 Å². The van der Waals surface area contributed by atoms with Gasteiger partial charge in [0.05, 0.1) is 18.8 Å². The van der Waals surface area contributed by atoms with Gasteiger partial charge in [-0.05, 0) is 31.2 Å². The first-order chi connectivity index (χ1) is 10.2. The number of amides is 1. The number of rotatable bonds is 7. The number of hydrogen-bond donors (Lipinski definition) is 2. The number of likely N-dealkylation sites (tertiary alicyclic amines) is 1. The highest BCUT2D eigenvalue weighted by atomic mass is 32.2. The minimum atomic E-state index is 0.0957. The lowest BCUT2D eigenvalue weighted by molar-refractivity contribution is -0.122. The average molecular weight is 311 g/mol. The molecule has 5 nitrogen and oxygen atoms in total.